The van der Waals surface area contributed by atoms with Gasteiger partial charge < -0.3 is 15.6 Å². The Morgan fingerprint density at radius 3 is 3.06 bits per heavy atom. The summed E-state index contributed by atoms with van der Waals surface area (Å²) in [6.45, 7) is 0.736. The SMILES string of the molecule is NCC1CCC2OC(c3cccc(O)c3)=NC2C1. The van der Waals surface area contributed by atoms with E-state index in [1.165, 1.54) is 0 Å². The number of aliphatic imine (C=N–C) groups is 1. The lowest BCUT2D eigenvalue weighted by Gasteiger charge is -2.28. The Morgan fingerprint density at radius 2 is 2.28 bits per heavy atom. The summed E-state index contributed by atoms with van der Waals surface area (Å²) in [7, 11) is 0. The van der Waals surface area contributed by atoms with E-state index >= 15 is 0 Å². The molecule has 4 nitrogen and oxygen atoms in total. The lowest BCUT2D eigenvalue weighted by atomic mass is 9.84. The molecule has 0 saturated heterocycles. The molecular weight excluding hydrogens is 228 g/mol. The molecule has 3 N–H and O–H groups in total. The first-order chi connectivity index (χ1) is 8.76. The number of rotatable bonds is 2. The van der Waals surface area contributed by atoms with E-state index in [4.69, 9.17) is 10.5 Å². The van der Waals surface area contributed by atoms with Crippen molar-refractivity contribution in [3.63, 3.8) is 0 Å². The van der Waals surface area contributed by atoms with E-state index < -0.39 is 0 Å². The molecule has 1 aromatic rings. The zero-order valence-electron chi connectivity index (χ0n) is 10.2. The van der Waals surface area contributed by atoms with Gasteiger partial charge in [-0.15, -0.1) is 0 Å². The number of nitrogens with two attached hydrogens (primary N) is 1. The second-order valence-corrected chi connectivity index (χ2v) is 5.12. The van der Waals surface area contributed by atoms with Crippen molar-refractivity contribution in [2.45, 2.75) is 31.4 Å². The Morgan fingerprint density at radius 1 is 1.39 bits per heavy atom. The Balaban J connectivity index is 1.80. The molecule has 0 aromatic heterocycles. The number of nitrogens with zero attached hydrogens (tertiary/aromatic N) is 1. The normalized spacial score (nSPS) is 30.5. The van der Waals surface area contributed by atoms with Crippen LogP contribution >= 0.6 is 0 Å². The monoisotopic (exact) mass is 246 g/mol. The van der Waals surface area contributed by atoms with Crippen molar-refractivity contribution in [2.75, 3.05) is 6.54 Å². The molecular formula is C14H18N2O2. The van der Waals surface area contributed by atoms with E-state index in [9.17, 15) is 5.11 Å². The van der Waals surface area contributed by atoms with Crippen LogP contribution in [0.2, 0.25) is 0 Å². The highest BCUT2D eigenvalue weighted by atomic mass is 16.5. The summed E-state index contributed by atoms with van der Waals surface area (Å²) in [5.41, 5.74) is 6.58. The van der Waals surface area contributed by atoms with E-state index in [2.05, 4.69) is 4.99 Å². The van der Waals surface area contributed by atoms with Gasteiger partial charge in [0, 0.05) is 5.56 Å². The summed E-state index contributed by atoms with van der Waals surface area (Å²) >= 11 is 0. The van der Waals surface area contributed by atoms with Crippen LogP contribution in [0.25, 0.3) is 0 Å². The molecule has 0 amide bonds. The number of phenols is 1. The minimum Gasteiger partial charge on any atom is -0.508 e. The number of phenolic OH excluding ortho intramolecular Hbond substituents is 1. The van der Waals surface area contributed by atoms with Gasteiger partial charge >= 0.3 is 0 Å². The summed E-state index contributed by atoms with van der Waals surface area (Å²) in [5.74, 6) is 1.48. The predicted octanol–water partition coefficient (Wildman–Crippen LogP) is 1.66. The largest absolute Gasteiger partial charge is 0.508 e. The van der Waals surface area contributed by atoms with Gasteiger partial charge in [-0.1, -0.05) is 6.07 Å². The van der Waals surface area contributed by atoms with Gasteiger partial charge in [-0.05, 0) is 49.9 Å². The number of aromatic hydroxyl groups is 1. The zero-order chi connectivity index (χ0) is 12.5. The molecule has 18 heavy (non-hydrogen) atoms. The van der Waals surface area contributed by atoms with Gasteiger partial charge in [-0.2, -0.15) is 0 Å². The molecule has 2 aliphatic rings. The minimum atomic E-state index is 0.199. The first kappa shape index (κ1) is 11.5. The van der Waals surface area contributed by atoms with Crippen LogP contribution in [0.5, 0.6) is 5.75 Å². The molecule has 0 radical (unpaired) electrons. The fraction of sp³-hybridized carbons (Fsp3) is 0.500. The number of ether oxygens (including phenoxy) is 1. The summed E-state index contributed by atoms with van der Waals surface area (Å²) < 4.78 is 5.90. The van der Waals surface area contributed by atoms with E-state index in [1.54, 1.807) is 18.2 Å². The van der Waals surface area contributed by atoms with Gasteiger partial charge in [-0.3, -0.25) is 0 Å². The van der Waals surface area contributed by atoms with Crippen LogP contribution in [0.3, 0.4) is 0 Å². The van der Waals surface area contributed by atoms with E-state index in [0.29, 0.717) is 11.8 Å². The molecule has 4 heteroatoms. The van der Waals surface area contributed by atoms with E-state index in [1.807, 2.05) is 6.07 Å². The Hall–Kier alpha value is -1.55. The molecule has 3 rings (SSSR count). The van der Waals surface area contributed by atoms with Crippen molar-refractivity contribution in [3.05, 3.63) is 29.8 Å². The lowest BCUT2D eigenvalue weighted by Crippen LogP contribution is -2.33. The first-order valence-corrected chi connectivity index (χ1v) is 6.50. The van der Waals surface area contributed by atoms with Crippen molar-refractivity contribution in [1.29, 1.82) is 0 Å². The maximum absolute atomic E-state index is 9.48. The van der Waals surface area contributed by atoms with Gasteiger partial charge in [0.05, 0.1) is 6.04 Å². The molecule has 1 aliphatic carbocycles. The maximum Gasteiger partial charge on any atom is 0.216 e. The fourth-order valence-corrected chi connectivity index (χ4v) is 2.80. The van der Waals surface area contributed by atoms with Crippen LogP contribution in [-0.2, 0) is 4.74 Å². The third kappa shape index (κ3) is 2.08. The number of hydrogen-bond acceptors (Lipinski definition) is 4. The third-order valence-electron chi connectivity index (χ3n) is 3.84. The quantitative estimate of drug-likeness (QED) is 0.834. The standard InChI is InChI=1S/C14H18N2O2/c15-8-9-4-5-13-12(6-9)16-14(18-13)10-2-1-3-11(17)7-10/h1-3,7,9,12-13,17H,4-6,8,15H2. The van der Waals surface area contributed by atoms with Crippen molar-refractivity contribution in [1.82, 2.24) is 0 Å². The van der Waals surface area contributed by atoms with Crippen LogP contribution in [0, 0.1) is 5.92 Å². The van der Waals surface area contributed by atoms with Crippen LogP contribution in [0.4, 0.5) is 0 Å². The number of benzene rings is 1. The fourth-order valence-electron chi connectivity index (χ4n) is 2.80. The molecule has 3 atom stereocenters. The molecule has 0 spiro atoms. The number of hydrogen-bond donors (Lipinski definition) is 2. The average Bonchev–Trinajstić information content (AvgIpc) is 2.81. The third-order valence-corrected chi connectivity index (χ3v) is 3.84. The highest BCUT2D eigenvalue weighted by molar-refractivity contribution is 5.95. The van der Waals surface area contributed by atoms with Crippen molar-refractivity contribution in [2.24, 2.45) is 16.6 Å². The molecule has 1 saturated carbocycles. The molecule has 1 heterocycles. The van der Waals surface area contributed by atoms with Gasteiger partial charge in [0.25, 0.3) is 0 Å². The van der Waals surface area contributed by atoms with Crippen LogP contribution in [0.1, 0.15) is 24.8 Å². The minimum absolute atomic E-state index is 0.199. The Bertz CT molecular complexity index is 473. The van der Waals surface area contributed by atoms with Crippen molar-refractivity contribution < 1.29 is 9.84 Å². The first-order valence-electron chi connectivity index (χ1n) is 6.50. The molecule has 1 aromatic carbocycles. The highest BCUT2D eigenvalue weighted by Gasteiger charge is 2.36. The Kier molecular flexibility index (Phi) is 2.96. The summed E-state index contributed by atoms with van der Waals surface area (Å²) in [6.07, 6.45) is 3.37. The summed E-state index contributed by atoms with van der Waals surface area (Å²) in [5, 5.41) is 9.48. The smallest absolute Gasteiger partial charge is 0.216 e. The topological polar surface area (TPSA) is 67.8 Å². The highest BCUT2D eigenvalue weighted by Crippen LogP contribution is 2.33. The van der Waals surface area contributed by atoms with Crippen LogP contribution < -0.4 is 5.73 Å². The van der Waals surface area contributed by atoms with Gasteiger partial charge in [0.2, 0.25) is 5.90 Å². The van der Waals surface area contributed by atoms with Crippen molar-refractivity contribution >= 4 is 5.90 Å². The van der Waals surface area contributed by atoms with Gasteiger partial charge in [0.15, 0.2) is 0 Å². The molecule has 3 unspecified atom stereocenters. The average molecular weight is 246 g/mol. The second-order valence-electron chi connectivity index (χ2n) is 5.12. The van der Waals surface area contributed by atoms with Gasteiger partial charge in [0.1, 0.15) is 11.9 Å². The maximum atomic E-state index is 9.48. The number of fused-ring (bicyclic) bond motifs is 1. The second kappa shape index (κ2) is 4.61. The van der Waals surface area contributed by atoms with Crippen LogP contribution in [0.15, 0.2) is 29.3 Å². The lowest BCUT2D eigenvalue weighted by molar-refractivity contribution is 0.130. The van der Waals surface area contributed by atoms with Crippen LogP contribution in [-0.4, -0.2) is 29.7 Å². The van der Waals surface area contributed by atoms with Crippen molar-refractivity contribution in [3.8, 4) is 5.75 Å². The van der Waals surface area contributed by atoms with E-state index in [0.717, 1.165) is 31.4 Å². The zero-order valence-corrected chi connectivity index (χ0v) is 10.2. The van der Waals surface area contributed by atoms with E-state index in [-0.39, 0.29) is 17.9 Å². The molecule has 0 bridgehead atoms. The molecule has 1 aliphatic heterocycles. The van der Waals surface area contributed by atoms with Gasteiger partial charge in [-0.25, -0.2) is 4.99 Å². The predicted molar refractivity (Wildman–Crippen MR) is 69.7 cm³/mol. The molecule has 96 valence electrons. The molecule has 1 fully saturated rings. The summed E-state index contributed by atoms with van der Waals surface area (Å²) in [4.78, 5) is 4.65. The Labute approximate surface area is 106 Å². The summed E-state index contributed by atoms with van der Waals surface area (Å²) in [6, 6.07) is 7.30.